The number of hydrogen-bond acceptors (Lipinski definition) is 9. The first-order chi connectivity index (χ1) is 21.6. The molecule has 45 heavy (non-hydrogen) atoms. The lowest BCUT2D eigenvalue weighted by atomic mass is 9.93. The lowest BCUT2D eigenvalue weighted by Crippen LogP contribution is -2.51. The second-order valence-electron chi connectivity index (χ2n) is 13.3. The van der Waals surface area contributed by atoms with Crippen LogP contribution in [0.15, 0.2) is 30.6 Å². The Labute approximate surface area is 270 Å². The average Bonchev–Trinajstić information content (AvgIpc) is 3.02. The largest absolute Gasteiger partial charge is 0.490 e. The molecular weight excluding hydrogens is 594 g/mol. The number of amides is 2. The maximum Gasteiger partial charge on any atom is 0.410 e. The van der Waals surface area contributed by atoms with Crippen LogP contribution in [0.1, 0.15) is 75.3 Å². The number of benzene rings is 1. The van der Waals surface area contributed by atoms with Crippen LogP contribution in [0.4, 0.5) is 10.6 Å². The van der Waals surface area contributed by atoms with Gasteiger partial charge >= 0.3 is 6.09 Å². The van der Waals surface area contributed by atoms with Gasteiger partial charge in [-0.3, -0.25) is 9.69 Å². The van der Waals surface area contributed by atoms with Crippen molar-refractivity contribution in [1.29, 1.82) is 5.26 Å². The molecule has 3 fully saturated rings. The molecule has 3 aliphatic rings. The first kappa shape index (κ1) is 32.8. The monoisotopic (exact) mass is 637 g/mol. The van der Waals surface area contributed by atoms with Gasteiger partial charge in [0.2, 0.25) is 0 Å². The Hall–Kier alpha value is -3.62. The van der Waals surface area contributed by atoms with E-state index in [4.69, 9.17) is 26.3 Å². The number of aromatic nitrogens is 2. The third kappa shape index (κ3) is 9.21. The molecule has 2 amide bonds. The van der Waals surface area contributed by atoms with E-state index in [0.29, 0.717) is 41.0 Å². The molecule has 242 valence electrons. The molecule has 2 saturated heterocycles. The van der Waals surface area contributed by atoms with E-state index in [-0.39, 0.29) is 24.1 Å². The van der Waals surface area contributed by atoms with Gasteiger partial charge in [-0.15, -0.1) is 0 Å². The number of ether oxygens (including phenoxy) is 2. The third-order valence-corrected chi connectivity index (χ3v) is 9.04. The van der Waals surface area contributed by atoms with Crippen molar-refractivity contribution in [2.75, 3.05) is 50.7 Å². The number of nitriles is 1. The minimum atomic E-state index is -0.471. The van der Waals surface area contributed by atoms with Crippen LogP contribution >= 0.6 is 11.6 Å². The number of carbonyl (C=O) groups excluding carboxylic acids is 2. The van der Waals surface area contributed by atoms with Crippen LogP contribution in [0.25, 0.3) is 0 Å². The van der Waals surface area contributed by atoms with E-state index < -0.39 is 5.60 Å². The molecule has 1 aliphatic carbocycles. The summed E-state index contributed by atoms with van der Waals surface area (Å²) < 4.78 is 11.6. The highest BCUT2D eigenvalue weighted by Gasteiger charge is 2.29. The van der Waals surface area contributed by atoms with Crippen molar-refractivity contribution in [3.63, 3.8) is 0 Å². The first-order valence-electron chi connectivity index (χ1n) is 16.0. The molecule has 0 spiro atoms. The number of nitrogens with zero attached hydrogens (tertiary/aromatic N) is 6. The summed E-state index contributed by atoms with van der Waals surface area (Å²) in [6.45, 7) is 11.7. The summed E-state index contributed by atoms with van der Waals surface area (Å²) in [4.78, 5) is 40.8. The van der Waals surface area contributed by atoms with Crippen molar-refractivity contribution >= 4 is 29.4 Å². The third-order valence-electron chi connectivity index (χ3n) is 8.72. The normalized spacial score (nSPS) is 21.6. The van der Waals surface area contributed by atoms with E-state index >= 15 is 0 Å². The zero-order chi connectivity index (χ0) is 32.0. The number of anilines is 1. The van der Waals surface area contributed by atoms with E-state index in [1.165, 1.54) is 0 Å². The molecule has 0 radical (unpaired) electrons. The predicted molar refractivity (Wildman–Crippen MR) is 172 cm³/mol. The molecule has 3 heterocycles. The molecule has 2 aromatic rings. The fraction of sp³-hybridized carbons (Fsp3) is 0.606. The Morgan fingerprint density at radius 3 is 2.31 bits per heavy atom. The van der Waals surface area contributed by atoms with Gasteiger partial charge in [0.05, 0.1) is 29.1 Å². The fourth-order valence-electron chi connectivity index (χ4n) is 6.19. The van der Waals surface area contributed by atoms with Crippen LogP contribution in [0.2, 0.25) is 5.02 Å². The quantitative estimate of drug-likeness (QED) is 0.452. The molecule has 0 unspecified atom stereocenters. The maximum atomic E-state index is 12.9. The number of piperidine rings is 1. The molecule has 0 atom stereocenters. The highest BCUT2D eigenvalue weighted by Crippen LogP contribution is 2.28. The van der Waals surface area contributed by atoms with E-state index in [9.17, 15) is 9.59 Å². The Morgan fingerprint density at radius 2 is 1.71 bits per heavy atom. The second kappa shape index (κ2) is 14.6. The van der Waals surface area contributed by atoms with Gasteiger partial charge in [0.15, 0.2) is 0 Å². The van der Waals surface area contributed by atoms with Gasteiger partial charge in [-0.25, -0.2) is 14.8 Å². The Morgan fingerprint density at radius 1 is 1.00 bits per heavy atom. The minimum absolute atomic E-state index is 0.0414. The lowest BCUT2D eigenvalue weighted by Gasteiger charge is -2.39. The zero-order valence-electron chi connectivity index (χ0n) is 26.5. The van der Waals surface area contributed by atoms with E-state index in [0.717, 1.165) is 77.1 Å². The zero-order valence-corrected chi connectivity index (χ0v) is 27.3. The summed E-state index contributed by atoms with van der Waals surface area (Å²) >= 11 is 6.12. The number of halogens is 1. The Balaban J connectivity index is 0.999. The van der Waals surface area contributed by atoms with E-state index in [1.54, 1.807) is 30.6 Å². The van der Waals surface area contributed by atoms with Gasteiger partial charge in [-0.1, -0.05) is 11.6 Å². The van der Waals surface area contributed by atoms with Gasteiger partial charge in [-0.2, -0.15) is 5.26 Å². The Kier molecular flexibility index (Phi) is 10.7. The molecule has 1 N–H and O–H groups in total. The molecule has 0 bridgehead atoms. The molecule has 1 saturated carbocycles. The summed E-state index contributed by atoms with van der Waals surface area (Å²) in [5.74, 6) is 1.86. The standard InChI is InChI=1S/C33H44ClN7O4/c1-33(2,3)45-32(43)41-16-14-39(15-17-41)22-23-10-12-40(13-11-23)30-21-36-29(20-37-30)31(42)38-25-5-8-26(9-6-25)44-27-7-4-24(19-35)28(34)18-27/h4,7,18,20-21,23,25-26H,5-6,8-17,22H2,1-3H3,(H,38,42). The van der Waals surface area contributed by atoms with Crippen LogP contribution in [0.5, 0.6) is 5.75 Å². The summed E-state index contributed by atoms with van der Waals surface area (Å²) in [5, 5.41) is 12.5. The fourth-order valence-corrected chi connectivity index (χ4v) is 6.40. The van der Waals surface area contributed by atoms with Crippen LogP contribution in [0, 0.1) is 17.2 Å². The highest BCUT2D eigenvalue weighted by atomic mass is 35.5. The lowest BCUT2D eigenvalue weighted by molar-refractivity contribution is 0.0130. The van der Waals surface area contributed by atoms with Gasteiger partial charge in [0.25, 0.3) is 5.91 Å². The van der Waals surface area contributed by atoms with Gasteiger partial charge in [-0.05, 0) is 77.3 Å². The van der Waals surface area contributed by atoms with Crippen molar-refractivity contribution in [3.8, 4) is 11.8 Å². The summed E-state index contributed by atoms with van der Waals surface area (Å²) in [6, 6.07) is 7.22. The SMILES string of the molecule is CC(C)(C)OC(=O)N1CCN(CC2CCN(c3cnc(C(=O)NC4CCC(Oc5ccc(C#N)c(Cl)c5)CC4)cn3)CC2)CC1. The molecule has 11 nitrogen and oxygen atoms in total. The van der Waals surface area contributed by atoms with Crippen molar-refractivity contribution in [2.45, 2.75) is 77.0 Å². The van der Waals surface area contributed by atoms with Crippen LogP contribution in [-0.4, -0.2) is 95.3 Å². The van der Waals surface area contributed by atoms with Crippen LogP contribution in [0.3, 0.4) is 0 Å². The summed E-state index contributed by atoms with van der Waals surface area (Å²) in [7, 11) is 0. The molecule has 5 rings (SSSR count). The number of piperazine rings is 1. The van der Waals surface area contributed by atoms with Crippen molar-refractivity contribution < 1.29 is 19.1 Å². The maximum absolute atomic E-state index is 12.9. The van der Waals surface area contributed by atoms with Crippen LogP contribution < -0.4 is 15.0 Å². The molecule has 1 aromatic carbocycles. The van der Waals surface area contributed by atoms with E-state index in [2.05, 4.69) is 31.2 Å². The van der Waals surface area contributed by atoms with Gasteiger partial charge < -0.3 is 24.6 Å². The number of rotatable bonds is 7. The van der Waals surface area contributed by atoms with Gasteiger partial charge in [0, 0.05) is 57.9 Å². The minimum Gasteiger partial charge on any atom is -0.490 e. The predicted octanol–water partition coefficient (Wildman–Crippen LogP) is 4.89. The summed E-state index contributed by atoms with van der Waals surface area (Å²) in [5.41, 5.74) is 0.280. The van der Waals surface area contributed by atoms with Crippen molar-refractivity contribution in [1.82, 2.24) is 25.1 Å². The molecular formula is C33H44ClN7O4. The second-order valence-corrected chi connectivity index (χ2v) is 13.7. The van der Waals surface area contributed by atoms with Crippen molar-refractivity contribution in [2.24, 2.45) is 5.92 Å². The van der Waals surface area contributed by atoms with E-state index in [1.807, 2.05) is 25.7 Å². The molecule has 2 aliphatic heterocycles. The topological polar surface area (TPSA) is 124 Å². The average molecular weight is 638 g/mol. The molecule has 12 heteroatoms. The number of hydrogen-bond donors (Lipinski definition) is 1. The number of carbonyl (C=O) groups is 2. The van der Waals surface area contributed by atoms with Crippen LogP contribution in [-0.2, 0) is 4.74 Å². The highest BCUT2D eigenvalue weighted by molar-refractivity contribution is 6.31. The first-order valence-corrected chi connectivity index (χ1v) is 16.4. The number of nitrogens with one attached hydrogen (secondary N) is 1. The smallest absolute Gasteiger partial charge is 0.410 e. The summed E-state index contributed by atoms with van der Waals surface area (Å²) in [6.07, 6.45) is 8.47. The Bertz CT molecular complexity index is 1350. The molecule has 1 aromatic heterocycles. The van der Waals surface area contributed by atoms with Gasteiger partial charge in [0.1, 0.15) is 28.9 Å². The van der Waals surface area contributed by atoms with Crippen molar-refractivity contribution in [3.05, 3.63) is 46.9 Å².